The zero-order valence-electron chi connectivity index (χ0n) is 18.0. The lowest BCUT2D eigenvalue weighted by Gasteiger charge is -2.40. The largest absolute Gasteiger partial charge is 0.416 e. The fourth-order valence-corrected chi connectivity index (χ4v) is 4.89. The standard InChI is InChI=1S/C23H22F3N3O2S/c1-14-10-11-18(19(12-14)32(5,6)31)21-20(27-3)15(2)29(22(30)28(21)4)17-9-7-8-16(13-17)23(24,25)26/h7-13,21H,5H2,1-2,4,6H3/t21-,32?/m1/s1. The number of carbonyl (C=O) groups excluding carboxylic acids is 1. The van der Waals surface area contributed by atoms with Crippen LogP contribution in [0.3, 0.4) is 0 Å². The third-order valence-electron chi connectivity index (χ3n) is 5.33. The van der Waals surface area contributed by atoms with E-state index in [1.807, 2.05) is 6.92 Å². The van der Waals surface area contributed by atoms with E-state index in [-0.39, 0.29) is 17.1 Å². The van der Waals surface area contributed by atoms with E-state index in [4.69, 9.17) is 6.57 Å². The Morgan fingerprint density at radius 3 is 2.38 bits per heavy atom. The van der Waals surface area contributed by atoms with Crippen molar-refractivity contribution in [1.29, 1.82) is 0 Å². The van der Waals surface area contributed by atoms with Gasteiger partial charge in [-0.15, -0.1) is 0 Å². The van der Waals surface area contributed by atoms with Gasteiger partial charge in [0.25, 0.3) is 0 Å². The topological polar surface area (TPSA) is 45.0 Å². The first kappa shape index (κ1) is 23.4. The van der Waals surface area contributed by atoms with E-state index in [2.05, 4.69) is 10.7 Å². The predicted molar refractivity (Wildman–Crippen MR) is 120 cm³/mol. The van der Waals surface area contributed by atoms with Crippen molar-refractivity contribution in [2.75, 3.05) is 18.2 Å². The molecule has 0 spiro atoms. The zero-order valence-corrected chi connectivity index (χ0v) is 18.8. The maximum atomic E-state index is 13.3. The Morgan fingerprint density at radius 2 is 1.81 bits per heavy atom. The van der Waals surface area contributed by atoms with Crippen LogP contribution in [-0.4, -0.2) is 34.3 Å². The van der Waals surface area contributed by atoms with E-state index >= 15 is 0 Å². The van der Waals surface area contributed by atoms with Gasteiger partial charge in [-0.2, -0.15) is 13.2 Å². The number of benzene rings is 2. The van der Waals surface area contributed by atoms with E-state index in [9.17, 15) is 22.2 Å². The lowest BCUT2D eigenvalue weighted by molar-refractivity contribution is -0.137. The predicted octanol–water partition coefficient (Wildman–Crippen LogP) is 5.48. The van der Waals surface area contributed by atoms with Crippen LogP contribution in [0.5, 0.6) is 0 Å². The molecular weight excluding hydrogens is 439 g/mol. The van der Waals surface area contributed by atoms with Gasteiger partial charge in [0.05, 0.1) is 18.2 Å². The van der Waals surface area contributed by atoms with E-state index < -0.39 is 33.3 Å². The second-order valence-electron chi connectivity index (χ2n) is 7.81. The van der Waals surface area contributed by atoms with Crippen molar-refractivity contribution in [2.24, 2.45) is 0 Å². The van der Waals surface area contributed by atoms with Gasteiger partial charge < -0.3 is 4.90 Å². The minimum absolute atomic E-state index is 0.00866. The number of amides is 2. The highest BCUT2D eigenvalue weighted by atomic mass is 32.2. The van der Waals surface area contributed by atoms with Crippen molar-refractivity contribution in [1.82, 2.24) is 4.90 Å². The highest BCUT2D eigenvalue weighted by molar-refractivity contribution is 7.99. The first-order valence-corrected chi connectivity index (χ1v) is 11.7. The van der Waals surface area contributed by atoms with Gasteiger partial charge in [-0.3, -0.25) is 9.11 Å². The second-order valence-corrected chi connectivity index (χ2v) is 10.3. The Kier molecular flexibility index (Phi) is 5.87. The van der Waals surface area contributed by atoms with Gasteiger partial charge >= 0.3 is 12.2 Å². The maximum Gasteiger partial charge on any atom is 0.416 e. The van der Waals surface area contributed by atoms with Crippen LogP contribution in [0.15, 0.2) is 58.8 Å². The molecule has 0 fully saturated rings. The van der Waals surface area contributed by atoms with Crippen LogP contribution in [0.1, 0.15) is 29.7 Å². The van der Waals surface area contributed by atoms with Gasteiger partial charge in [-0.05, 0) is 64.6 Å². The molecule has 0 aliphatic carbocycles. The van der Waals surface area contributed by atoms with E-state index in [1.165, 1.54) is 37.3 Å². The minimum Gasteiger partial charge on any atom is -0.325 e. The number of anilines is 1. The summed E-state index contributed by atoms with van der Waals surface area (Å²) in [6.07, 6.45) is -3.09. The lowest BCUT2D eigenvalue weighted by atomic mass is 9.97. The first-order chi connectivity index (χ1) is 14.8. The fourth-order valence-electron chi connectivity index (χ4n) is 3.77. The summed E-state index contributed by atoms with van der Waals surface area (Å²) in [4.78, 5) is 19.7. The van der Waals surface area contributed by atoms with E-state index in [0.717, 1.165) is 22.6 Å². The molecule has 0 radical (unpaired) electrons. The summed E-state index contributed by atoms with van der Waals surface area (Å²) in [7, 11) is -1.22. The van der Waals surface area contributed by atoms with Crippen molar-refractivity contribution in [3.63, 3.8) is 0 Å². The summed E-state index contributed by atoms with van der Waals surface area (Å²) < 4.78 is 52.5. The molecule has 0 saturated heterocycles. The molecule has 3 rings (SSSR count). The van der Waals surface area contributed by atoms with Crippen LogP contribution in [0.25, 0.3) is 4.85 Å². The van der Waals surface area contributed by atoms with Gasteiger partial charge in [-0.1, -0.05) is 18.2 Å². The summed E-state index contributed by atoms with van der Waals surface area (Å²) in [5.41, 5.74) is 0.831. The van der Waals surface area contributed by atoms with Crippen molar-refractivity contribution >= 4 is 27.1 Å². The number of aryl methyl sites for hydroxylation is 1. The summed E-state index contributed by atoms with van der Waals surface area (Å²) in [6.45, 7) is 11.1. The molecule has 2 amide bonds. The summed E-state index contributed by atoms with van der Waals surface area (Å²) >= 11 is 0. The van der Waals surface area contributed by atoms with Gasteiger partial charge in [0.1, 0.15) is 0 Å². The quantitative estimate of drug-likeness (QED) is 0.449. The smallest absolute Gasteiger partial charge is 0.325 e. The molecule has 2 aromatic carbocycles. The highest BCUT2D eigenvalue weighted by Gasteiger charge is 2.40. The molecular formula is C23H22F3N3O2S. The molecule has 168 valence electrons. The monoisotopic (exact) mass is 461 g/mol. The first-order valence-electron chi connectivity index (χ1n) is 9.52. The molecule has 32 heavy (non-hydrogen) atoms. The zero-order chi connectivity index (χ0) is 24.0. The van der Waals surface area contributed by atoms with Crippen LogP contribution in [0, 0.1) is 13.5 Å². The SMILES string of the molecule is [C-]#[N+]C1=C(C)N(c2cccc(C(F)(F)F)c2)C(=O)N(C)[C@@H]1c1ccc(C)cc1S(=C)(C)=O. The van der Waals surface area contributed by atoms with E-state index in [1.54, 1.807) is 18.2 Å². The van der Waals surface area contributed by atoms with E-state index in [0.29, 0.717) is 10.5 Å². The number of likely N-dealkylation sites (N-methyl/N-ethyl adjacent to an activating group) is 1. The Labute approximate surface area is 185 Å². The Morgan fingerprint density at radius 1 is 1.16 bits per heavy atom. The number of alkyl halides is 3. The van der Waals surface area contributed by atoms with Crippen LogP contribution in [0.2, 0.25) is 0 Å². The van der Waals surface area contributed by atoms with Crippen molar-refractivity contribution < 1.29 is 22.2 Å². The number of hydrogen-bond donors (Lipinski definition) is 0. The molecule has 2 aromatic rings. The number of hydrogen-bond acceptors (Lipinski definition) is 2. The molecule has 1 aliphatic heterocycles. The van der Waals surface area contributed by atoms with Crippen LogP contribution in [-0.2, 0) is 15.7 Å². The molecule has 1 heterocycles. The average molecular weight is 462 g/mol. The fraction of sp³-hybridized carbons (Fsp3) is 0.261. The van der Waals surface area contributed by atoms with Gasteiger partial charge in [0.2, 0.25) is 5.70 Å². The Balaban J connectivity index is 2.24. The second kappa shape index (κ2) is 8.02. The van der Waals surface area contributed by atoms with Crippen molar-refractivity contribution in [3.05, 3.63) is 82.0 Å². The Hall–Kier alpha value is -3.25. The third-order valence-corrected chi connectivity index (χ3v) is 6.61. The van der Waals surface area contributed by atoms with Crippen LogP contribution in [0.4, 0.5) is 23.7 Å². The molecule has 0 N–H and O–H groups in total. The molecule has 0 aromatic heterocycles. The molecule has 0 bridgehead atoms. The normalized spacial score (nSPS) is 19.1. The van der Waals surface area contributed by atoms with Crippen LogP contribution >= 0.6 is 0 Å². The minimum atomic E-state index is -4.57. The van der Waals surface area contributed by atoms with Gasteiger partial charge in [0.15, 0.2) is 0 Å². The van der Waals surface area contributed by atoms with Crippen molar-refractivity contribution in [2.45, 2.75) is 31.0 Å². The summed E-state index contributed by atoms with van der Waals surface area (Å²) in [5.74, 6) is 3.76. The molecule has 0 saturated carbocycles. The number of carbonyl (C=O) groups is 1. The molecule has 1 unspecified atom stereocenters. The number of rotatable bonds is 3. The van der Waals surface area contributed by atoms with Crippen molar-refractivity contribution in [3.8, 4) is 0 Å². The summed E-state index contributed by atoms with van der Waals surface area (Å²) in [5, 5.41) is 0. The van der Waals surface area contributed by atoms with Gasteiger partial charge in [0, 0.05) is 29.6 Å². The number of allylic oxidation sites excluding steroid dienone is 1. The number of urea groups is 1. The molecule has 1 aliphatic rings. The average Bonchev–Trinajstić information content (AvgIpc) is 2.70. The molecule has 5 nitrogen and oxygen atoms in total. The molecule has 2 atom stereocenters. The maximum absolute atomic E-state index is 13.3. The summed E-state index contributed by atoms with van der Waals surface area (Å²) in [6, 6.07) is 8.18. The van der Waals surface area contributed by atoms with Crippen LogP contribution < -0.4 is 4.90 Å². The number of halogens is 3. The lowest BCUT2D eigenvalue weighted by Crippen LogP contribution is -2.47. The number of nitrogens with zero attached hydrogens (tertiary/aromatic N) is 3. The third kappa shape index (κ3) is 4.10. The Bertz CT molecular complexity index is 1270. The van der Waals surface area contributed by atoms with Gasteiger partial charge in [-0.25, -0.2) is 9.64 Å². The molecule has 9 heteroatoms. The highest BCUT2D eigenvalue weighted by Crippen LogP contribution is 2.42.